The first-order chi connectivity index (χ1) is 13.7. The highest BCUT2D eigenvalue weighted by Gasteiger charge is 2.15. The Labute approximate surface area is 171 Å². The van der Waals surface area contributed by atoms with E-state index in [9.17, 15) is 0 Å². The molecule has 4 nitrogen and oxygen atoms in total. The van der Waals surface area contributed by atoms with E-state index in [-0.39, 0.29) is 0 Å². The predicted molar refractivity (Wildman–Crippen MR) is 119 cm³/mol. The summed E-state index contributed by atoms with van der Waals surface area (Å²) in [6.45, 7) is 6.58. The molecule has 0 unspecified atom stereocenters. The highest BCUT2D eigenvalue weighted by molar-refractivity contribution is 6.34. The Hall–Kier alpha value is -2.82. The molecule has 0 spiro atoms. The van der Waals surface area contributed by atoms with Gasteiger partial charge in [-0.1, -0.05) is 66.7 Å². The van der Waals surface area contributed by atoms with Crippen molar-refractivity contribution < 1.29 is 0 Å². The van der Waals surface area contributed by atoms with Crippen LogP contribution in [0.1, 0.15) is 11.1 Å². The lowest BCUT2D eigenvalue weighted by atomic mass is 9.95. The molecule has 0 atom stereocenters. The Kier molecular flexibility index (Phi) is 7.06. The van der Waals surface area contributed by atoms with Gasteiger partial charge in [0.25, 0.3) is 0 Å². The first kappa shape index (κ1) is 19.9. The van der Waals surface area contributed by atoms with Gasteiger partial charge in [0.05, 0.1) is 5.71 Å². The van der Waals surface area contributed by atoms with Gasteiger partial charge in [0.1, 0.15) is 0 Å². The number of benzene rings is 2. The lowest BCUT2D eigenvalue weighted by Crippen LogP contribution is -2.28. The first-order valence-electron chi connectivity index (χ1n) is 9.26. The van der Waals surface area contributed by atoms with Crippen molar-refractivity contribution in [3.05, 3.63) is 101 Å². The normalized spacial score (nSPS) is 14.0. The quantitative estimate of drug-likeness (QED) is 0.467. The molecule has 0 radical (unpaired) electrons. The summed E-state index contributed by atoms with van der Waals surface area (Å²) in [4.78, 5) is 0. The Bertz CT molecular complexity index is 913. The van der Waals surface area contributed by atoms with Crippen LogP contribution in [0.2, 0.25) is 5.02 Å². The van der Waals surface area contributed by atoms with E-state index in [1.165, 1.54) is 5.56 Å². The molecule has 0 saturated heterocycles. The predicted octanol–water partition coefficient (Wildman–Crippen LogP) is 4.13. The highest BCUT2D eigenvalue weighted by atomic mass is 35.5. The number of hydrogen-bond acceptors (Lipinski definition) is 4. The zero-order valence-corrected chi connectivity index (χ0v) is 16.8. The minimum absolute atomic E-state index is 0.683. The monoisotopic (exact) mass is 392 g/mol. The van der Waals surface area contributed by atoms with Gasteiger partial charge in [-0.15, -0.1) is 0 Å². The van der Waals surface area contributed by atoms with Gasteiger partial charge in [-0.25, -0.2) is 0 Å². The molecular weight excluding hydrogens is 368 g/mol. The largest absolute Gasteiger partial charge is 0.384 e. The SMILES string of the molecule is C=C(/C(=N\NC)C1=CCNC(CNCc2ccccc2)=C1)c1cccc(Cl)c1. The molecule has 0 saturated carbocycles. The van der Waals surface area contributed by atoms with E-state index in [2.05, 4.69) is 64.2 Å². The van der Waals surface area contributed by atoms with E-state index in [0.29, 0.717) is 5.02 Å². The van der Waals surface area contributed by atoms with E-state index in [4.69, 9.17) is 11.6 Å². The number of nitrogens with one attached hydrogen (secondary N) is 3. The molecule has 1 aliphatic heterocycles. The van der Waals surface area contributed by atoms with Crippen LogP contribution in [0.4, 0.5) is 0 Å². The van der Waals surface area contributed by atoms with Crippen molar-refractivity contribution in [1.82, 2.24) is 16.1 Å². The summed E-state index contributed by atoms with van der Waals surface area (Å²) >= 11 is 6.15. The second kappa shape index (κ2) is 9.93. The van der Waals surface area contributed by atoms with Gasteiger partial charge in [-0.2, -0.15) is 5.10 Å². The molecule has 2 aromatic rings. The Morgan fingerprint density at radius 2 is 1.96 bits per heavy atom. The lowest BCUT2D eigenvalue weighted by Gasteiger charge is -2.19. The maximum atomic E-state index is 6.15. The second-order valence-corrected chi connectivity index (χ2v) is 6.91. The molecule has 1 heterocycles. The molecule has 1 aliphatic rings. The average molecular weight is 393 g/mol. The molecule has 5 heteroatoms. The molecular formula is C23H25ClN4. The van der Waals surface area contributed by atoms with Gasteiger partial charge in [0.15, 0.2) is 0 Å². The maximum absolute atomic E-state index is 6.15. The number of hydrogen-bond donors (Lipinski definition) is 3. The zero-order valence-electron chi connectivity index (χ0n) is 16.0. The van der Waals surface area contributed by atoms with E-state index in [0.717, 1.165) is 47.8 Å². The molecule has 2 aromatic carbocycles. The van der Waals surface area contributed by atoms with Crippen molar-refractivity contribution in [1.29, 1.82) is 0 Å². The molecule has 0 aliphatic carbocycles. The number of rotatable bonds is 8. The minimum atomic E-state index is 0.683. The van der Waals surface area contributed by atoms with Crippen LogP contribution in [0, 0.1) is 0 Å². The molecule has 144 valence electrons. The van der Waals surface area contributed by atoms with Crippen molar-refractivity contribution >= 4 is 22.9 Å². The van der Waals surface area contributed by atoms with Crippen LogP contribution >= 0.6 is 11.6 Å². The fourth-order valence-electron chi connectivity index (χ4n) is 3.04. The smallest absolute Gasteiger partial charge is 0.0971 e. The number of allylic oxidation sites excluding steroid dienone is 3. The number of halogens is 1. The summed E-state index contributed by atoms with van der Waals surface area (Å²) in [6.07, 6.45) is 4.24. The summed E-state index contributed by atoms with van der Waals surface area (Å²) in [5, 5.41) is 12.1. The highest BCUT2D eigenvalue weighted by Crippen LogP contribution is 2.23. The second-order valence-electron chi connectivity index (χ2n) is 6.47. The molecule has 3 rings (SSSR count). The Morgan fingerprint density at radius 1 is 1.14 bits per heavy atom. The van der Waals surface area contributed by atoms with Crippen molar-refractivity contribution in [3.8, 4) is 0 Å². The zero-order chi connectivity index (χ0) is 19.8. The van der Waals surface area contributed by atoms with Gasteiger partial charge in [0.2, 0.25) is 0 Å². The van der Waals surface area contributed by atoms with Gasteiger partial charge in [0, 0.05) is 48.5 Å². The Morgan fingerprint density at radius 3 is 2.71 bits per heavy atom. The number of hydrazone groups is 1. The maximum Gasteiger partial charge on any atom is 0.0971 e. The van der Waals surface area contributed by atoms with Gasteiger partial charge < -0.3 is 16.1 Å². The fourth-order valence-corrected chi connectivity index (χ4v) is 3.23. The molecule has 28 heavy (non-hydrogen) atoms. The van der Waals surface area contributed by atoms with Crippen LogP contribution in [0.5, 0.6) is 0 Å². The number of nitrogens with zero attached hydrogens (tertiary/aromatic N) is 1. The summed E-state index contributed by atoms with van der Waals surface area (Å²) in [5.74, 6) is 0. The van der Waals surface area contributed by atoms with E-state index < -0.39 is 0 Å². The molecule has 3 N–H and O–H groups in total. The summed E-state index contributed by atoms with van der Waals surface area (Å²) in [6, 6.07) is 18.0. The van der Waals surface area contributed by atoms with Crippen molar-refractivity contribution in [2.45, 2.75) is 6.54 Å². The van der Waals surface area contributed by atoms with Crippen LogP contribution in [-0.4, -0.2) is 25.8 Å². The Balaban J connectivity index is 1.71. The van der Waals surface area contributed by atoms with Crippen LogP contribution in [-0.2, 0) is 6.54 Å². The van der Waals surface area contributed by atoms with Crippen molar-refractivity contribution in [2.75, 3.05) is 20.1 Å². The van der Waals surface area contributed by atoms with Crippen LogP contribution in [0.3, 0.4) is 0 Å². The van der Waals surface area contributed by atoms with Crippen LogP contribution in [0.15, 0.2) is 89.7 Å². The van der Waals surface area contributed by atoms with Gasteiger partial charge in [-0.3, -0.25) is 0 Å². The summed E-state index contributed by atoms with van der Waals surface area (Å²) < 4.78 is 0. The topological polar surface area (TPSA) is 48.5 Å². The molecule has 0 fully saturated rings. The van der Waals surface area contributed by atoms with Crippen molar-refractivity contribution in [2.24, 2.45) is 5.10 Å². The third-order valence-electron chi connectivity index (χ3n) is 4.42. The molecule has 0 bridgehead atoms. The van der Waals surface area contributed by atoms with E-state index >= 15 is 0 Å². The lowest BCUT2D eigenvalue weighted by molar-refractivity contribution is 0.696. The summed E-state index contributed by atoms with van der Waals surface area (Å²) in [5.41, 5.74) is 8.92. The van der Waals surface area contributed by atoms with Crippen molar-refractivity contribution in [3.63, 3.8) is 0 Å². The summed E-state index contributed by atoms with van der Waals surface area (Å²) in [7, 11) is 1.79. The third-order valence-corrected chi connectivity index (χ3v) is 4.66. The van der Waals surface area contributed by atoms with Crippen LogP contribution in [0.25, 0.3) is 5.57 Å². The molecule has 0 amide bonds. The average Bonchev–Trinajstić information content (AvgIpc) is 2.72. The molecule has 0 aromatic heterocycles. The standard InChI is InChI=1S/C23H25ClN4/c1-17(19-9-6-10-21(24)13-19)23(28-25-2)20-11-12-27-22(14-20)16-26-15-18-7-4-3-5-8-18/h3-11,13-14,25-27H,1,12,15-16H2,2H3/b28-23+. The fraction of sp³-hybridized carbons (Fsp3) is 0.174. The number of dihydropyridines is 1. The van der Waals surface area contributed by atoms with Gasteiger partial charge in [-0.05, 0) is 29.3 Å². The van der Waals surface area contributed by atoms with E-state index in [1.54, 1.807) is 7.05 Å². The van der Waals surface area contributed by atoms with Crippen LogP contribution < -0.4 is 16.1 Å². The van der Waals surface area contributed by atoms with Gasteiger partial charge >= 0.3 is 0 Å². The first-order valence-corrected chi connectivity index (χ1v) is 9.64. The minimum Gasteiger partial charge on any atom is -0.384 e. The van der Waals surface area contributed by atoms with E-state index in [1.807, 2.05) is 30.3 Å². The third kappa shape index (κ3) is 5.35.